The SMILES string of the molecule is CCOC(=O)C(=O)c1cc(F)cc(CN(C)C)c1O. The van der Waals surface area contributed by atoms with Gasteiger partial charge in [-0.1, -0.05) is 0 Å². The third-order valence-electron chi connectivity index (χ3n) is 2.35. The van der Waals surface area contributed by atoms with E-state index in [0.29, 0.717) is 0 Å². The highest BCUT2D eigenvalue weighted by atomic mass is 19.1. The smallest absolute Gasteiger partial charge is 0.379 e. The summed E-state index contributed by atoms with van der Waals surface area (Å²) in [5, 5.41) is 9.93. The number of halogens is 1. The fourth-order valence-corrected chi connectivity index (χ4v) is 1.60. The normalized spacial score (nSPS) is 10.6. The first-order valence-corrected chi connectivity index (χ1v) is 5.74. The molecule has 0 radical (unpaired) electrons. The molecule has 0 saturated heterocycles. The van der Waals surface area contributed by atoms with E-state index in [-0.39, 0.29) is 24.3 Å². The molecule has 0 aliphatic rings. The molecule has 0 spiro atoms. The monoisotopic (exact) mass is 269 g/mol. The van der Waals surface area contributed by atoms with Crippen LogP contribution in [0.25, 0.3) is 0 Å². The second-order valence-electron chi connectivity index (χ2n) is 4.25. The van der Waals surface area contributed by atoms with Crippen LogP contribution in [0.15, 0.2) is 12.1 Å². The Bertz CT molecular complexity index is 500. The van der Waals surface area contributed by atoms with Gasteiger partial charge in [0.1, 0.15) is 11.6 Å². The van der Waals surface area contributed by atoms with Gasteiger partial charge in [-0.2, -0.15) is 0 Å². The van der Waals surface area contributed by atoms with Gasteiger partial charge in [0.2, 0.25) is 0 Å². The van der Waals surface area contributed by atoms with E-state index in [9.17, 15) is 19.1 Å². The Kier molecular flexibility index (Phi) is 5.00. The molecule has 0 fully saturated rings. The van der Waals surface area contributed by atoms with E-state index < -0.39 is 23.3 Å². The molecule has 0 amide bonds. The number of benzene rings is 1. The van der Waals surface area contributed by atoms with Crippen molar-refractivity contribution >= 4 is 11.8 Å². The first-order valence-electron chi connectivity index (χ1n) is 5.74. The highest BCUT2D eigenvalue weighted by Gasteiger charge is 2.23. The topological polar surface area (TPSA) is 66.8 Å². The van der Waals surface area contributed by atoms with Crippen LogP contribution in [0.2, 0.25) is 0 Å². The number of ketones is 1. The van der Waals surface area contributed by atoms with Crippen LogP contribution in [-0.4, -0.2) is 42.5 Å². The van der Waals surface area contributed by atoms with E-state index >= 15 is 0 Å². The van der Waals surface area contributed by atoms with E-state index in [1.165, 1.54) is 0 Å². The van der Waals surface area contributed by atoms with Crippen molar-refractivity contribution in [3.63, 3.8) is 0 Å². The Labute approximate surface area is 110 Å². The van der Waals surface area contributed by atoms with Gasteiger partial charge >= 0.3 is 5.97 Å². The average Bonchev–Trinajstić information content (AvgIpc) is 2.32. The number of Topliss-reactive ketones (excluding diaryl/α,β-unsaturated/α-hetero) is 1. The second-order valence-corrected chi connectivity index (χ2v) is 4.25. The Morgan fingerprint density at radius 3 is 2.53 bits per heavy atom. The summed E-state index contributed by atoms with van der Waals surface area (Å²) in [6, 6.07) is 1.95. The number of phenols is 1. The van der Waals surface area contributed by atoms with Gasteiger partial charge in [0.15, 0.2) is 0 Å². The molecule has 0 aliphatic heterocycles. The minimum Gasteiger partial charge on any atom is -0.507 e. The zero-order chi connectivity index (χ0) is 14.6. The Hall–Kier alpha value is -1.95. The number of hydrogen-bond acceptors (Lipinski definition) is 5. The number of hydrogen-bond donors (Lipinski definition) is 1. The van der Waals surface area contributed by atoms with Crippen LogP contribution >= 0.6 is 0 Å². The average molecular weight is 269 g/mol. The molecule has 0 aliphatic carbocycles. The highest BCUT2D eigenvalue weighted by molar-refractivity contribution is 6.41. The lowest BCUT2D eigenvalue weighted by Crippen LogP contribution is -2.19. The standard InChI is InChI=1S/C13H16FNO4/c1-4-19-13(18)12(17)10-6-9(14)5-8(11(10)16)7-15(2)3/h5-6,16H,4,7H2,1-3H3. The first-order chi connectivity index (χ1) is 8.86. The van der Waals surface area contributed by atoms with Gasteiger partial charge in [-0.05, 0) is 33.2 Å². The number of aromatic hydroxyl groups is 1. The number of carbonyl (C=O) groups excluding carboxylic acids is 2. The molecule has 1 aromatic carbocycles. The molecule has 1 aromatic rings. The van der Waals surface area contributed by atoms with Gasteiger partial charge in [0, 0.05) is 12.1 Å². The summed E-state index contributed by atoms with van der Waals surface area (Å²) >= 11 is 0. The van der Waals surface area contributed by atoms with E-state index in [1.54, 1.807) is 25.9 Å². The molecule has 1 N–H and O–H groups in total. The van der Waals surface area contributed by atoms with Gasteiger partial charge < -0.3 is 14.7 Å². The maximum atomic E-state index is 13.4. The van der Waals surface area contributed by atoms with Crippen LogP contribution in [0.4, 0.5) is 4.39 Å². The van der Waals surface area contributed by atoms with Crippen LogP contribution < -0.4 is 0 Å². The van der Waals surface area contributed by atoms with E-state index in [0.717, 1.165) is 12.1 Å². The van der Waals surface area contributed by atoms with Crippen LogP contribution in [0.5, 0.6) is 5.75 Å². The van der Waals surface area contributed by atoms with Crippen molar-refractivity contribution in [3.05, 3.63) is 29.1 Å². The lowest BCUT2D eigenvalue weighted by Gasteiger charge is -2.13. The number of phenolic OH excluding ortho intramolecular Hbond substituents is 1. The minimum absolute atomic E-state index is 0.0329. The molecule has 104 valence electrons. The molecule has 5 nitrogen and oxygen atoms in total. The minimum atomic E-state index is -1.11. The number of esters is 1. The number of carbonyl (C=O) groups is 2. The fourth-order valence-electron chi connectivity index (χ4n) is 1.60. The lowest BCUT2D eigenvalue weighted by atomic mass is 10.0. The van der Waals surface area contributed by atoms with Gasteiger partial charge in [-0.25, -0.2) is 9.18 Å². The second kappa shape index (κ2) is 6.29. The van der Waals surface area contributed by atoms with Gasteiger partial charge in [-0.3, -0.25) is 4.79 Å². The number of nitrogens with zero attached hydrogens (tertiary/aromatic N) is 1. The quantitative estimate of drug-likeness (QED) is 0.496. The molecular weight excluding hydrogens is 253 g/mol. The van der Waals surface area contributed by atoms with Crippen molar-refractivity contribution < 1.29 is 23.8 Å². The summed E-state index contributed by atoms with van der Waals surface area (Å²) in [6.45, 7) is 1.83. The summed E-state index contributed by atoms with van der Waals surface area (Å²) in [5.41, 5.74) is -0.145. The van der Waals surface area contributed by atoms with Crippen molar-refractivity contribution in [2.75, 3.05) is 20.7 Å². The summed E-state index contributed by atoms with van der Waals surface area (Å²) in [5.74, 6) is -3.26. The van der Waals surface area contributed by atoms with Crippen LogP contribution in [0, 0.1) is 5.82 Å². The predicted octanol–water partition coefficient (Wildman–Crippen LogP) is 1.34. The molecule has 0 aromatic heterocycles. The third kappa shape index (κ3) is 3.75. The predicted molar refractivity (Wildman–Crippen MR) is 66.4 cm³/mol. The van der Waals surface area contributed by atoms with E-state index in [1.807, 2.05) is 0 Å². The molecule has 0 bridgehead atoms. The molecule has 0 unspecified atom stereocenters. The van der Waals surface area contributed by atoms with Gasteiger partial charge in [0.25, 0.3) is 5.78 Å². The summed E-state index contributed by atoms with van der Waals surface area (Å²) in [6.07, 6.45) is 0. The zero-order valence-corrected chi connectivity index (χ0v) is 11.1. The van der Waals surface area contributed by atoms with E-state index in [2.05, 4.69) is 4.74 Å². The van der Waals surface area contributed by atoms with Crippen molar-refractivity contribution in [2.24, 2.45) is 0 Å². The largest absolute Gasteiger partial charge is 0.507 e. The van der Waals surface area contributed by atoms with Gasteiger partial charge in [-0.15, -0.1) is 0 Å². The Balaban J connectivity index is 3.17. The highest BCUT2D eigenvalue weighted by Crippen LogP contribution is 2.26. The molecular formula is C13H16FNO4. The zero-order valence-electron chi connectivity index (χ0n) is 11.1. The molecule has 1 rings (SSSR count). The first kappa shape index (κ1) is 15.1. The molecule has 0 saturated carbocycles. The summed E-state index contributed by atoms with van der Waals surface area (Å²) in [4.78, 5) is 24.8. The number of ether oxygens (including phenoxy) is 1. The maximum absolute atomic E-state index is 13.4. The third-order valence-corrected chi connectivity index (χ3v) is 2.35. The van der Waals surface area contributed by atoms with Gasteiger partial charge in [0.05, 0.1) is 12.2 Å². The van der Waals surface area contributed by atoms with Crippen molar-refractivity contribution in [3.8, 4) is 5.75 Å². The van der Waals surface area contributed by atoms with Crippen LogP contribution in [0.1, 0.15) is 22.8 Å². The molecule has 0 atom stereocenters. The Morgan fingerprint density at radius 1 is 1.37 bits per heavy atom. The lowest BCUT2D eigenvalue weighted by molar-refractivity contribution is -0.137. The van der Waals surface area contributed by atoms with Crippen molar-refractivity contribution in [1.29, 1.82) is 0 Å². The molecule has 6 heteroatoms. The van der Waals surface area contributed by atoms with Crippen LogP contribution in [0.3, 0.4) is 0 Å². The summed E-state index contributed by atoms with van der Waals surface area (Å²) < 4.78 is 18.0. The van der Waals surface area contributed by atoms with Crippen molar-refractivity contribution in [2.45, 2.75) is 13.5 Å². The summed E-state index contributed by atoms with van der Waals surface area (Å²) in [7, 11) is 3.47. The maximum Gasteiger partial charge on any atom is 0.379 e. The van der Waals surface area contributed by atoms with Crippen molar-refractivity contribution in [1.82, 2.24) is 4.90 Å². The van der Waals surface area contributed by atoms with Crippen LogP contribution in [-0.2, 0) is 16.1 Å². The molecule has 19 heavy (non-hydrogen) atoms. The number of rotatable bonds is 5. The Morgan fingerprint density at radius 2 is 2.00 bits per heavy atom. The van der Waals surface area contributed by atoms with E-state index in [4.69, 9.17) is 0 Å². The fraction of sp³-hybridized carbons (Fsp3) is 0.385. The molecule has 0 heterocycles.